The van der Waals surface area contributed by atoms with Crippen LogP contribution in [0.3, 0.4) is 0 Å². The summed E-state index contributed by atoms with van der Waals surface area (Å²) in [7, 11) is 0. The van der Waals surface area contributed by atoms with Gasteiger partial charge in [-0.25, -0.2) is 4.39 Å². The van der Waals surface area contributed by atoms with Gasteiger partial charge in [-0.15, -0.1) is 0 Å². The highest BCUT2D eigenvalue weighted by Gasteiger charge is 2.11. The molecule has 0 saturated carbocycles. The highest BCUT2D eigenvalue weighted by atomic mass is 19.1. The van der Waals surface area contributed by atoms with Gasteiger partial charge in [-0.05, 0) is 17.7 Å². The Hall–Kier alpha value is -1.45. The molecule has 0 aliphatic rings. The van der Waals surface area contributed by atoms with Crippen molar-refractivity contribution >= 4 is 0 Å². The van der Waals surface area contributed by atoms with E-state index >= 15 is 0 Å². The van der Waals surface area contributed by atoms with E-state index in [9.17, 15) is 14.5 Å². The Labute approximate surface area is 75.3 Å². The number of halogens is 1. The van der Waals surface area contributed by atoms with Gasteiger partial charge in [-0.2, -0.15) is 0 Å². The van der Waals surface area contributed by atoms with E-state index in [0.717, 1.165) is 5.56 Å². The maximum atomic E-state index is 12.5. The lowest BCUT2D eigenvalue weighted by Gasteiger charge is -2.05. The number of nitro groups is 1. The van der Waals surface area contributed by atoms with Crippen LogP contribution in [0.4, 0.5) is 4.39 Å². The van der Waals surface area contributed by atoms with E-state index in [1.165, 1.54) is 12.1 Å². The molecule has 1 rings (SSSR count). The van der Waals surface area contributed by atoms with Crippen LogP contribution < -0.4 is 0 Å². The zero-order valence-electron chi connectivity index (χ0n) is 7.24. The van der Waals surface area contributed by atoms with Gasteiger partial charge in [0.25, 0.3) is 0 Å². The van der Waals surface area contributed by atoms with E-state index in [1.54, 1.807) is 19.1 Å². The second-order valence-corrected chi connectivity index (χ2v) is 2.97. The van der Waals surface area contributed by atoms with E-state index in [1.807, 2.05) is 0 Å². The molecule has 0 aliphatic carbocycles. The Morgan fingerprint density at radius 1 is 1.46 bits per heavy atom. The monoisotopic (exact) mass is 183 g/mol. The summed E-state index contributed by atoms with van der Waals surface area (Å²) in [4.78, 5) is 9.81. The Balaban J connectivity index is 2.71. The highest BCUT2D eigenvalue weighted by molar-refractivity contribution is 5.19. The molecule has 0 bridgehead atoms. The van der Waals surface area contributed by atoms with Crippen LogP contribution in [0.15, 0.2) is 24.3 Å². The molecule has 0 heterocycles. The minimum absolute atomic E-state index is 0.119. The van der Waals surface area contributed by atoms with Gasteiger partial charge in [0.1, 0.15) is 5.82 Å². The summed E-state index contributed by atoms with van der Waals surface area (Å²) in [5, 5.41) is 10.2. The lowest BCUT2D eigenvalue weighted by Crippen LogP contribution is -2.09. The first kappa shape index (κ1) is 9.64. The van der Waals surface area contributed by atoms with Crippen molar-refractivity contribution in [3.8, 4) is 0 Å². The molecule has 4 heteroatoms. The fourth-order valence-corrected chi connectivity index (χ4v) is 1.12. The van der Waals surface area contributed by atoms with Crippen LogP contribution in [0, 0.1) is 15.9 Å². The van der Waals surface area contributed by atoms with Crippen molar-refractivity contribution in [2.24, 2.45) is 0 Å². The molecule has 0 aliphatic heterocycles. The highest BCUT2D eigenvalue weighted by Crippen LogP contribution is 2.15. The summed E-state index contributed by atoms with van der Waals surface area (Å²) >= 11 is 0. The minimum atomic E-state index is -0.367. The number of benzene rings is 1. The SMILES string of the molecule is C[C@@H](C[N+](=O)[O-])c1ccc(F)cc1. The first-order chi connectivity index (χ1) is 6.09. The smallest absolute Gasteiger partial charge is 0.210 e. The van der Waals surface area contributed by atoms with E-state index in [-0.39, 0.29) is 23.2 Å². The van der Waals surface area contributed by atoms with Crippen molar-refractivity contribution in [3.05, 3.63) is 45.8 Å². The van der Waals surface area contributed by atoms with Crippen LogP contribution in [0.2, 0.25) is 0 Å². The lowest BCUT2D eigenvalue weighted by molar-refractivity contribution is -0.482. The largest absolute Gasteiger partial charge is 0.265 e. The van der Waals surface area contributed by atoms with Crippen LogP contribution in [0.25, 0.3) is 0 Å². The molecule has 1 atom stereocenters. The molecule has 0 fully saturated rings. The molecule has 1 aromatic carbocycles. The van der Waals surface area contributed by atoms with Gasteiger partial charge in [0.2, 0.25) is 6.54 Å². The van der Waals surface area contributed by atoms with Crippen LogP contribution in [0.1, 0.15) is 18.4 Å². The first-order valence-corrected chi connectivity index (χ1v) is 3.97. The van der Waals surface area contributed by atoms with E-state index in [0.29, 0.717) is 0 Å². The normalized spacial score (nSPS) is 12.5. The van der Waals surface area contributed by atoms with Crippen molar-refractivity contribution in [2.45, 2.75) is 12.8 Å². The average molecular weight is 183 g/mol. The maximum absolute atomic E-state index is 12.5. The molecule has 0 spiro atoms. The summed E-state index contributed by atoms with van der Waals surface area (Å²) in [5.74, 6) is -0.493. The molecule has 0 amide bonds. The van der Waals surface area contributed by atoms with Crippen molar-refractivity contribution in [3.63, 3.8) is 0 Å². The quantitative estimate of drug-likeness (QED) is 0.532. The summed E-state index contributed by atoms with van der Waals surface area (Å²) in [6, 6.07) is 5.77. The zero-order valence-corrected chi connectivity index (χ0v) is 7.24. The predicted molar refractivity (Wildman–Crippen MR) is 46.7 cm³/mol. The molecule has 0 aromatic heterocycles. The summed E-state index contributed by atoms with van der Waals surface area (Å²) in [6.45, 7) is 1.63. The number of hydrogen-bond acceptors (Lipinski definition) is 2. The predicted octanol–water partition coefficient (Wildman–Crippen LogP) is 2.21. The summed E-state index contributed by atoms with van der Waals surface area (Å²) in [5.41, 5.74) is 0.790. The lowest BCUT2D eigenvalue weighted by atomic mass is 10.0. The Morgan fingerprint density at radius 3 is 2.46 bits per heavy atom. The van der Waals surface area contributed by atoms with Crippen LogP contribution in [0.5, 0.6) is 0 Å². The molecular formula is C9H10FNO2. The number of hydrogen-bond donors (Lipinski definition) is 0. The number of rotatable bonds is 3. The van der Waals surface area contributed by atoms with E-state index in [4.69, 9.17) is 0 Å². The van der Waals surface area contributed by atoms with Gasteiger partial charge in [0.05, 0.1) is 0 Å². The van der Waals surface area contributed by atoms with Crippen molar-refractivity contribution < 1.29 is 9.31 Å². The van der Waals surface area contributed by atoms with Gasteiger partial charge < -0.3 is 0 Å². The standard InChI is InChI=1S/C9H10FNO2/c1-7(6-11(12)13)8-2-4-9(10)5-3-8/h2-5,7H,6H2,1H3/t7-/m0/s1. The Kier molecular flexibility index (Phi) is 2.95. The van der Waals surface area contributed by atoms with Crippen LogP contribution >= 0.6 is 0 Å². The average Bonchev–Trinajstić information content (AvgIpc) is 2.04. The fraction of sp³-hybridized carbons (Fsp3) is 0.333. The van der Waals surface area contributed by atoms with Gasteiger partial charge in [-0.1, -0.05) is 19.1 Å². The third kappa shape index (κ3) is 2.82. The molecule has 1 aromatic rings. The Bertz CT molecular complexity index is 297. The van der Waals surface area contributed by atoms with Gasteiger partial charge >= 0.3 is 0 Å². The second-order valence-electron chi connectivity index (χ2n) is 2.97. The van der Waals surface area contributed by atoms with Crippen molar-refractivity contribution in [1.29, 1.82) is 0 Å². The van der Waals surface area contributed by atoms with Gasteiger partial charge in [0.15, 0.2) is 0 Å². The third-order valence-corrected chi connectivity index (χ3v) is 1.86. The van der Waals surface area contributed by atoms with Crippen molar-refractivity contribution in [2.75, 3.05) is 6.54 Å². The molecule has 0 unspecified atom stereocenters. The van der Waals surface area contributed by atoms with Gasteiger partial charge in [0, 0.05) is 10.8 Å². The van der Waals surface area contributed by atoms with E-state index < -0.39 is 0 Å². The molecule has 0 saturated heterocycles. The van der Waals surface area contributed by atoms with E-state index in [2.05, 4.69) is 0 Å². The zero-order chi connectivity index (χ0) is 9.84. The molecule has 0 radical (unpaired) electrons. The van der Waals surface area contributed by atoms with Crippen LogP contribution in [-0.4, -0.2) is 11.5 Å². The third-order valence-electron chi connectivity index (χ3n) is 1.86. The maximum Gasteiger partial charge on any atom is 0.210 e. The second kappa shape index (κ2) is 3.98. The number of nitrogens with zero attached hydrogens (tertiary/aromatic N) is 1. The molecule has 3 nitrogen and oxygen atoms in total. The molecule has 13 heavy (non-hydrogen) atoms. The fourth-order valence-electron chi connectivity index (χ4n) is 1.12. The minimum Gasteiger partial charge on any atom is -0.265 e. The van der Waals surface area contributed by atoms with Crippen LogP contribution in [-0.2, 0) is 0 Å². The molecule has 70 valence electrons. The summed E-state index contributed by atoms with van der Waals surface area (Å²) in [6.07, 6.45) is 0. The molecule has 0 N–H and O–H groups in total. The Morgan fingerprint density at radius 2 is 2.00 bits per heavy atom. The summed E-state index contributed by atoms with van der Waals surface area (Å²) < 4.78 is 12.5. The molecular weight excluding hydrogens is 173 g/mol. The van der Waals surface area contributed by atoms with Crippen molar-refractivity contribution in [1.82, 2.24) is 0 Å². The van der Waals surface area contributed by atoms with Gasteiger partial charge in [-0.3, -0.25) is 10.1 Å². The topological polar surface area (TPSA) is 43.1 Å². The first-order valence-electron chi connectivity index (χ1n) is 3.97.